The molecular weight excluding hydrogens is 487 g/mol. The minimum Gasteiger partial charge on any atom is -0.507 e. The highest BCUT2D eigenvalue weighted by atomic mass is 32.1. The molecule has 36 heavy (non-hydrogen) atoms. The zero-order valence-corrected chi connectivity index (χ0v) is 20.8. The molecule has 3 aromatic rings. The standard InChI is InChI=1S/C26H23FN2O6S/c1-5-35-25(33)23-14(3)28-26(36-23)29-20(15-7-6-8-17(11-15)34-4)19(22(31)24(29)32)21(30)16-10-9-13(2)18(27)12-16/h6-12,20,30H,5H2,1-4H3/b21-19+. The Hall–Kier alpha value is -4.05. The number of aliphatic hydroxyl groups excluding tert-OH is 1. The van der Waals surface area contributed by atoms with Gasteiger partial charge in [-0.1, -0.05) is 35.6 Å². The topological polar surface area (TPSA) is 106 Å². The van der Waals surface area contributed by atoms with Crippen molar-refractivity contribution >= 4 is 39.9 Å². The molecule has 1 atom stereocenters. The van der Waals surface area contributed by atoms with Gasteiger partial charge < -0.3 is 14.6 Å². The fourth-order valence-electron chi connectivity index (χ4n) is 3.92. The van der Waals surface area contributed by atoms with Crippen LogP contribution in [0.3, 0.4) is 0 Å². The number of hydrogen-bond donors (Lipinski definition) is 1. The van der Waals surface area contributed by atoms with Crippen molar-refractivity contribution in [1.82, 2.24) is 4.98 Å². The lowest BCUT2D eigenvalue weighted by molar-refractivity contribution is -0.132. The number of ether oxygens (including phenoxy) is 2. The van der Waals surface area contributed by atoms with Gasteiger partial charge in [-0.2, -0.15) is 0 Å². The second-order valence-electron chi connectivity index (χ2n) is 8.04. The Balaban J connectivity index is 1.94. The maximum Gasteiger partial charge on any atom is 0.350 e. The van der Waals surface area contributed by atoms with Crippen molar-refractivity contribution < 1.29 is 33.4 Å². The molecule has 1 fully saturated rings. The Labute approximate surface area is 210 Å². The van der Waals surface area contributed by atoms with Gasteiger partial charge in [0, 0.05) is 5.56 Å². The number of Topliss-reactive ketones (excluding diaryl/α,β-unsaturated/α-hetero) is 1. The van der Waals surface area contributed by atoms with Crippen LogP contribution < -0.4 is 9.64 Å². The molecule has 1 unspecified atom stereocenters. The number of aryl methyl sites for hydroxylation is 2. The summed E-state index contributed by atoms with van der Waals surface area (Å²) in [6, 6.07) is 9.60. The van der Waals surface area contributed by atoms with E-state index in [4.69, 9.17) is 9.47 Å². The van der Waals surface area contributed by atoms with E-state index in [2.05, 4.69) is 4.98 Å². The van der Waals surface area contributed by atoms with E-state index in [-0.39, 0.29) is 27.8 Å². The van der Waals surface area contributed by atoms with Crippen LogP contribution in [0.4, 0.5) is 9.52 Å². The van der Waals surface area contributed by atoms with Gasteiger partial charge >= 0.3 is 11.9 Å². The van der Waals surface area contributed by atoms with Crippen LogP contribution in [0.1, 0.15) is 45.0 Å². The molecule has 1 N–H and O–H groups in total. The van der Waals surface area contributed by atoms with Gasteiger partial charge in [0.15, 0.2) is 5.13 Å². The first kappa shape index (κ1) is 25.1. The lowest BCUT2D eigenvalue weighted by Gasteiger charge is -2.23. The Morgan fingerprint density at radius 1 is 1.19 bits per heavy atom. The van der Waals surface area contributed by atoms with Gasteiger partial charge in [-0.25, -0.2) is 14.2 Å². The molecule has 10 heteroatoms. The van der Waals surface area contributed by atoms with Crippen LogP contribution in [0.15, 0.2) is 48.0 Å². The van der Waals surface area contributed by atoms with E-state index in [9.17, 15) is 23.9 Å². The van der Waals surface area contributed by atoms with E-state index in [1.54, 1.807) is 45.0 Å². The number of anilines is 1. The highest BCUT2D eigenvalue weighted by Crippen LogP contribution is 2.44. The predicted octanol–water partition coefficient (Wildman–Crippen LogP) is 4.71. The second kappa shape index (κ2) is 9.90. The maximum absolute atomic E-state index is 14.3. The van der Waals surface area contributed by atoms with Crippen molar-refractivity contribution in [3.8, 4) is 5.75 Å². The minimum absolute atomic E-state index is 0.0477. The zero-order chi connectivity index (χ0) is 26.1. The van der Waals surface area contributed by atoms with Crippen LogP contribution in [-0.4, -0.2) is 41.5 Å². The number of rotatable bonds is 6. The number of aromatic nitrogens is 1. The highest BCUT2D eigenvalue weighted by Gasteiger charge is 2.48. The van der Waals surface area contributed by atoms with Crippen LogP contribution >= 0.6 is 11.3 Å². The SMILES string of the molecule is CCOC(=O)c1sc(N2C(=O)C(=O)/C(=C(/O)c3ccc(C)c(F)c3)C2c2cccc(OC)c2)nc1C. The Kier molecular flexibility index (Phi) is 6.89. The average molecular weight is 511 g/mol. The van der Waals surface area contributed by atoms with Gasteiger partial charge in [0.2, 0.25) is 0 Å². The summed E-state index contributed by atoms with van der Waals surface area (Å²) in [5.74, 6) is -3.14. The third-order valence-corrected chi connectivity index (χ3v) is 6.89. The molecule has 0 saturated carbocycles. The lowest BCUT2D eigenvalue weighted by Crippen LogP contribution is -2.29. The molecule has 8 nitrogen and oxygen atoms in total. The largest absolute Gasteiger partial charge is 0.507 e. The van der Waals surface area contributed by atoms with Crippen molar-refractivity contribution in [1.29, 1.82) is 0 Å². The number of esters is 1. The van der Waals surface area contributed by atoms with E-state index < -0.39 is 35.3 Å². The van der Waals surface area contributed by atoms with Crippen molar-refractivity contribution in [2.24, 2.45) is 0 Å². The van der Waals surface area contributed by atoms with Crippen molar-refractivity contribution in [3.63, 3.8) is 0 Å². The molecule has 1 aromatic heterocycles. The van der Waals surface area contributed by atoms with Crippen molar-refractivity contribution in [2.45, 2.75) is 26.8 Å². The van der Waals surface area contributed by atoms with E-state index in [0.29, 0.717) is 22.6 Å². The van der Waals surface area contributed by atoms with Gasteiger partial charge in [0.05, 0.1) is 31.0 Å². The lowest BCUT2D eigenvalue weighted by atomic mass is 9.95. The summed E-state index contributed by atoms with van der Waals surface area (Å²) >= 11 is 0.905. The number of carbonyl (C=O) groups excluding carboxylic acids is 3. The van der Waals surface area contributed by atoms with Crippen LogP contribution in [0.25, 0.3) is 5.76 Å². The normalized spacial score (nSPS) is 16.9. The van der Waals surface area contributed by atoms with Crippen molar-refractivity contribution in [3.05, 3.63) is 81.1 Å². The Morgan fingerprint density at radius 3 is 2.61 bits per heavy atom. The smallest absolute Gasteiger partial charge is 0.350 e. The monoisotopic (exact) mass is 510 g/mol. The summed E-state index contributed by atoms with van der Waals surface area (Å²) in [6.45, 7) is 5.00. The maximum atomic E-state index is 14.3. The Morgan fingerprint density at radius 2 is 1.94 bits per heavy atom. The molecule has 1 aliphatic heterocycles. The summed E-state index contributed by atoms with van der Waals surface area (Å²) in [6.07, 6.45) is 0. The van der Waals surface area contributed by atoms with Gasteiger partial charge in [-0.15, -0.1) is 0 Å². The molecule has 1 amide bonds. The summed E-state index contributed by atoms with van der Waals surface area (Å²) in [4.78, 5) is 44.6. The number of hydrogen-bond acceptors (Lipinski definition) is 8. The average Bonchev–Trinajstić information content (AvgIpc) is 3.37. The molecule has 2 heterocycles. The number of nitrogens with zero attached hydrogens (tertiary/aromatic N) is 2. The number of ketones is 1. The highest BCUT2D eigenvalue weighted by molar-refractivity contribution is 7.17. The number of benzene rings is 2. The van der Waals surface area contributed by atoms with Gasteiger partial charge in [0.1, 0.15) is 22.2 Å². The first-order chi connectivity index (χ1) is 17.2. The van der Waals surface area contributed by atoms with Crippen molar-refractivity contribution in [2.75, 3.05) is 18.6 Å². The molecule has 0 radical (unpaired) electrons. The predicted molar refractivity (Wildman–Crippen MR) is 132 cm³/mol. The van der Waals surface area contributed by atoms with Crippen LogP contribution in [-0.2, 0) is 14.3 Å². The van der Waals surface area contributed by atoms with Crippen LogP contribution in [0.5, 0.6) is 5.75 Å². The van der Waals surface area contributed by atoms with Crippen LogP contribution in [0.2, 0.25) is 0 Å². The number of methoxy groups -OCH3 is 1. The molecule has 0 aliphatic carbocycles. The minimum atomic E-state index is -1.11. The number of halogens is 1. The number of thiazole rings is 1. The zero-order valence-electron chi connectivity index (χ0n) is 20.0. The third kappa shape index (κ3) is 4.35. The molecule has 2 aromatic carbocycles. The second-order valence-corrected chi connectivity index (χ2v) is 9.02. The molecule has 0 spiro atoms. The number of carbonyl (C=O) groups is 3. The van der Waals surface area contributed by atoms with E-state index >= 15 is 0 Å². The molecule has 1 saturated heterocycles. The number of amides is 1. The van der Waals surface area contributed by atoms with Gasteiger partial charge in [-0.05, 0) is 50.1 Å². The first-order valence-corrected chi connectivity index (χ1v) is 11.9. The fourth-order valence-corrected chi connectivity index (χ4v) is 4.91. The summed E-state index contributed by atoms with van der Waals surface area (Å²) in [7, 11) is 1.47. The molecular formula is C26H23FN2O6S. The quantitative estimate of drug-likeness (QED) is 0.222. The van der Waals surface area contributed by atoms with E-state index in [0.717, 1.165) is 22.3 Å². The van der Waals surface area contributed by atoms with E-state index in [1.807, 2.05) is 0 Å². The summed E-state index contributed by atoms with van der Waals surface area (Å²) in [5, 5.41) is 11.2. The van der Waals surface area contributed by atoms with Gasteiger partial charge in [0.25, 0.3) is 5.78 Å². The summed E-state index contributed by atoms with van der Waals surface area (Å²) < 4.78 is 24.7. The van der Waals surface area contributed by atoms with E-state index in [1.165, 1.54) is 19.2 Å². The Bertz CT molecular complexity index is 1410. The molecule has 4 rings (SSSR count). The molecule has 0 bridgehead atoms. The van der Waals surface area contributed by atoms with Gasteiger partial charge in [-0.3, -0.25) is 14.5 Å². The molecule has 1 aliphatic rings. The third-order valence-electron chi connectivity index (χ3n) is 5.75. The molecule has 186 valence electrons. The van der Waals surface area contributed by atoms with Crippen LogP contribution in [0, 0.1) is 19.7 Å². The first-order valence-electron chi connectivity index (χ1n) is 11.0. The number of aliphatic hydroxyl groups is 1. The fraction of sp³-hybridized carbons (Fsp3) is 0.231. The summed E-state index contributed by atoms with van der Waals surface area (Å²) in [5.41, 5.74) is 0.961.